The van der Waals surface area contributed by atoms with Crippen LogP contribution in [0, 0.1) is 17.1 Å². The minimum absolute atomic E-state index is 0.269. The molecule has 2 aromatic carbocycles. The lowest BCUT2D eigenvalue weighted by atomic mass is 10.1. The molecule has 0 aliphatic heterocycles. The van der Waals surface area contributed by atoms with Gasteiger partial charge in [0.05, 0.1) is 12.5 Å². The Morgan fingerprint density at radius 3 is 2.44 bits per heavy atom. The van der Waals surface area contributed by atoms with Gasteiger partial charge in [0.25, 0.3) is 0 Å². The van der Waals surface area contributed by atoms with Crippen LogP contribution in [0.4, 0.5) is 21.5 Å². The lowest BCUT2D eigenvalue weighted by Crippen LogP contribution is -1.96. The summed E-state index contributed by atoms with van der Waals surface area (Å²) in [5.41, 5.74) is 8.74. The molecule has 3 nitrogen and oxygen atoms in total. The number of nitrogen functional groups attached to an aromatic ring is 1. The first-order valence-electron chi connectivity index (χ1n) is 5.47. The maximum absolute atomic E-state index is 12.8. The van der Waals surface area contributed by atoms with E-state index in [-0.39, 0.29) is 12.2 Å². The van der Waals surface area contributed by atoms with Crippen LogP contribution in [0.25, 0.3) is 0 Å². The van der Waals surface area contributed by atoms with Gasteiger partial charge in [0.2, 0.25) is 0 Å². The van der Waals surface area contributed by atoms with E-state index in [0.717, 1.165) is 16.9 Å². The molecule has 0 bridgehead atoms. The SMILES string of the molecule is N#CCc1cc(Nc2ccc(F)cc2)ccc1N. The van der Waals surface area contributed by atoms with E-state index in [2.05, 4.69) is 11.4 Å². The van der Waals surface area contributed by atoms with Crippen molar-refractivity contribution in [3.63, 3.8) is 0 Å². The van der Waals surface area contributed by atoms with Gasteiger partial charge in [-0.3, -0.25) is 0 Å². The maximum atomic E-state index is 12.8. The third kappa shape index (κ3) is 2.77. The molecule has 0 saturated carbocycles. The lowest BCUT2D eigenvalue weighted by molar-refractivity contribution is 0.628. The molecule has 0 saturated heterocycles. The molecule has 90 valence electrons. The number of anilines is 3. The fourth-order valence-electron chi connectivity index (χ4n) is 1.62. The second-order valence-electron chi connectivity index (χ2n) is 3.88. The van der Waals surface area contributed by atoms with Crippen molar-refractivity contribution in [2.75, 3.05) is 11.1 Å². The fourth-order valence-corrected chi connectivity index (χ4v) is 1.62. The molecule has 18 heavy (non-hydrogen) atoms. The van der Waals surface area contributed by atoms with E-state index in [1.807, 2.05) is 12.1 Å². The van der Waals surface area contributed by atoms with Crippen LogP contribution in [0.2, 0.25) is 0 Å². The predicted octanol–water partition coefficient (Wildman–Crippen LogP) is 3.22. The number of nitrogens with one attached hydrogen (secondary N) is 1. The third-order valence-corrected chi connectivity index (χ3v) is 2.55. The van der Waals surface area contributed by atoms with Crippen LogP contribution in [-0.2, 0) is 6.42 Å². The summed E-state index contributed by atoms with van der Waals surface area (Å²) in [4.78, 5) is 0. The van der Waals surface area contributed by atoms with Gasteiger partial charge in [-0.05, 0) is 48.0 Å². The molecule has 0 fully saturated rings. The second-order valence-corrected chi connectivity index (χ2v) is 3.88. The molecular formula is C14H12FN3. The molecular weight excluding hydrogens is 229 g/mol. The normalized spacial score (nSPS) is 9.78. The first kappa shape index (κ1) is 11.9. The van der Waals surface area contributed by atoms with E-state index in [1.165, 1.54) is 12.1 Å². The zero-order valence-corrected chi connectivity index (χ0v) is 9.65. The van der Waals surface area contributed by atoms with Crippen molar-refractivity contribution in [2.45, 2.75) is 6.42 Å². The van der Waals surface area contributed by atoms with Crippen molar-refractivity contribution >= 4 is 17.1 Å². The van der Waals surface area contributed by atoms with Crippen LogP contribution >= 0.6 is 0 Å². The number of nitrogens with two attached hydrogens (primary N) is 1. The summed E-state index contributed by atoms with van der Waals surface area (Å²) in [5.74, 6) is -0.275. The molecule has 0 radical (unpaired) electrons. The van der Waals surface area contributed by atoms with Gasteiger partial charge in [0.1, 0.15) is 5.82 Å². The average Bonchev–Trinajstić information content (AvgIpc) is 2.37. The topological polar surface area (TPSA) is 61.8 Å². The quantitative estimate of drug-likeness (QED) is 0.811. The van der Waals surface area contributed by atoms with Crippen LogP contribution in [0.1, 0.15) is 5.56 Å². The zero-order valence-electron chi connectivity index (χ0n) is 9.65. The smallest absolute Gasteiger partial charge is 0.123 e. The molecule has 3 N–H and O–H groups in total. The number of hydrogen-bond donors (Lipinski definition) is 2. The lowest BCUT2D eigenvalue weighted by Gasteiger charge is -2.09. The zero-order chi connectivity index (χ0) is 13.0. The minimum Gasteiger partial charge on any atom is -0.398 e. The van der Waals surface area contributed by atoms with Crippen LogP contribution in [0.3, 0.4) is 0 Å². The van der Waals surface area contributed by atoms with E-state index in [0.29, 0.717) is 5.69 Å². The first-order valence-corrected chi connectivity index (χ1v) is 5.47. The van der Waals surface area contributed by atoms with Crippen LogP contribution in [-0.4, -0.2) is 0 Å². The highest BCUT2D eigenvalue weighted by Gasteiger charge is 2.01. The van der Waals surface area contributed by atoms with Crippen LogP contribution < -0.4 is 11.1 Å². The molecule has 0 atom stereocenters. The fraction of sp³-hybridized carbons (Fsp3) is 0.0714. The van der Waals surface area contributed by atoms with E-state index < -0.39 is 0 Å². The van der Waals surface area contributed by atoms with Crippen molar-refractivity contribution in [3.8, 4) is 6.07 Å². The maximum Gasteiger partial charge on any atom is 0.123 e. The van der Waals surface area contributed by atoms with E-state index in [1.54, 1.807) is 18.2 Å². The predicted molar refractivity (Wildman–Crippen MR) is 69.9 cm³/mol. The summed E-state index contributed by atoms with van der Waals surface area (Å²) in [6.07, 6.45) is 0.269. The van der Waals surface area contributed by atoms with Gasteiger partial charge in [-0.1, -0.05) is 0 Å². The highest BCUT2D eigenvalue weighted by atomic mass is 19.1. The Labute approximate surface area is 105 Å². The Balaban J connectivity index is 2.22. The van der Waals surface area contributed by atoms with Gasteiger partial charge in [0, 0.05) is 17.1 Å². The summed E-state index contributed by atoms with van der Waals surface area (Å²) in [6.45, 7) is 0. The molecule has 2 aromatic rings. The Morgan fingerprint density at radius 1 is 1.11 bits per heavy atom. The first-order chi connectivity index (χ1) is 8.69. The van der Waals surface area contributed by atoms with Gasteiger partial charge in [-0.15, -0.1) is 0 Å². The van der Waals surface area contributed by atoms with Gasteiger partial charge < -0.3 is 11.1 Å². The van der Waals surface area contributed by atoms with Gasteiger partial charge >= 0.3 is 0 Å². The number of nitriles is 1. The Bertz CT molecular complexity index is 585. The summed E-state index contributed by atoms with van der Waals surface area (Å²) in [7, 11) is 0. The van der Waals surface area contributed by atoms with Crippen molar-refractivity contribution < 1.29 is 4.39 Å². The van der Waals surface area contributed by atoms with Gasteiger partial charge in [0.15, 0.2) is 0 Å². The Kier molecular flexibility index (Phi) is 3.44. The summed E-state index contributed by atoms with van der Waals surface area (Å²) >= 11 is 0. The van der Waals surface area contributed by atoms with E-state index >= 15 is 0 Å². The highest BCUT2D eigenvalue weighted by Crippen LogP contribution is 2.22. The molecule has 0 aliphatic carbocycles. The van der Waals surface area contributed by atoms with Crippen molar-refractivity contribution in [2.24, 2.45) is 0 Å². The molecule has 4 heteroatoms. The van der Waals surface area contributed by atoms with Gasteiger partial charge in [-0.25, -0.2) is 4.39 Å². The average molecular weight is 241 g/mol. The highest BCUT2D eigenvalue weighted by molar-refractivity contribution is 5.64. The second kappa shape index (κ2) is 5.19. The Morgan fingerprint density at radius 2 is 1.78 bits per heavy atom. The number of rotatable bonds is 3. The monoisotopic (exact) mass is 241 g/mol. The summed E-state index contributed by atoms with van der Waals surface area (Å²) < 4.78 is 12.8. The van der Waals surface area contributed by atoms with Crippen molar-refractivity contribution in [3.05, 3.63) is 53.8 Å². The largest absolute Gasteiger partial charge is 0.398 e. The van der Waals surface area contributed by atoms with Crippen LogP contribution in [0.5, 0.6) is 0 Å². The van der Waals surface area contributed by atoms with E-state index in [4.69, 9.17) is 11.0 Å². The Hall–Kier alpha value is -2.54. The number of halogens is 1. The summed E-state index contributed by atoms with van der Waals surface area (Å²) in [6, 6.07) is 13.5. The summed E-state index contributed by atoms with van der Waals surface area (Å²) in [5, 5.41) is 11.8. The van der Waals surface area contributed by atoms with Crippen molar-refractivity contribution in [1.29, 1.82) is 5.26 Å². The molecule has 2 rings (SSSR count). The molecule has 0 heterocycles. The molecule has 0 unspecified atom stereocenters. The third-order valence-electron chi connectivity index (χ3n) is 2.55. The standard InChI is InChI=1S/C14H12FN3/c15-11-1-3-12(4-2-11)18-13-5-6-14(17)10(9-13)7-8-16/h1-6,9,18H,7,17H2. The molecule has 0 aliphatic rings. The molecule has 0 aromatic heterocycles. The van der Waals surface area contributed by atoms with Crippen molar-refractivity contribution in [1.82, 2.24) is 0 Å². The minimum atomic E-state index is -0.275. The van der Waals surface area contributed by atoms with Gasteiger partial charge in [-0.2, -0.15) is 5.26 Å². The van der Waals surface area contributed by atoms with E-state index in [9.17, 15) is 4.39 Å². The molecule has 0 spiro atoms. The molecule has 0 amide bonds. The number of benzene rings is 2. The number of hydrogen-bond acceptors (Lipinski definition) is 3. The van der Waals surface area contributed by atoms with Crippen LogP contribution in [0.15, 0.2) is 42.5 Å². The number of nitrogens with zero attached hydrogens (tertiary/aromatic N) is 1.